The molecule has 2 aromatic carbocycles. The van der Waals surface area contributed by atoms with Gasteiger partial charge in [0.15, 0.2) is 0 Å². The van der Waals surface area contributed by atoms with Crippen molar-refractivity contribution in [1.29, 1.82) is 0 Å². The number of carbonyl (C=O) groups is 2. The highest BCUT2D eigenvalue weighted by atomic mass is 17.1. The van der Waals surface area contributed by atoms with E-state index < -0.39 is 17.9 Å². The second-order valence-electron chi connectivity index (χ2n) is 5.70. The van der Waals surface area contributed by atoms with Gasteiger partial charge in [0.25, 0.3) is 11.8 Å². The van der Waals surface area contributed by atoms with Gasteiger partial charge in [-0.25, -0.2) is 4.89 Å². The van der Waals surface area contributed by atoms with Crippen molar-refractivity contribution in [2.75, 3.05) is 13.7 Å². The molecule has 1 aliphatic rings. The number of benzene rings is 2. The van der Waals surface area contributed by atoms with Crippen LogP contribution in [0.3, 0.4) is 0 Å². The van der Waals surface area contributed by atoms with Crippen LogP contribution in [-0.2, 0) is 4.89 Å². The first-order valence-corrected chi connectivity index (χ1v) is 7.41. The monoisotopic (exact) mass is 327 g/mol. The van der Waals surface area contributed by atoms with E-state index in [4.69, 9.17) is 9.99 Å². The zero-order valence-electron chi connectivity index (χ0n) is 13.4. The van der Waals surface area contributed by atoms with Gasteiger partial charge in [0.2, 0.25) is 0 Å². The highest BCUT2D eigenvalue weighted by molar-refractivity contribution is 6.26. The molecule has 0 saturated carbocycles. The summed E-state index contributed by atoms with van der Waals surface area (Å²) in [7, 11) is 1.54. The summed E-state index contributed by atoms with van der Waals surface area (Å²) in [5, 5.41) is 10.3. The van der Waals surface area contributed by atoms with E-state index in [-0.39, 0.29) is 6.54 Å². The molecule has 1 unspecified atom stereocenters. The topological polar surface area (TPSA) is 76.1 Å². The summed E-state index contributed by atoms with van der Waals surface area (Å²) >= 11 is 0. The van der Waals surface area contributed by atoms with E-state index in [2.05, 4.69) is 11.5 Å². The standard InChI is InChI=1S/C18H17NO5/c1-10(2)15(24-22)9-19-17(20)12-6-4-5-11-14(23-3)8-7-13(16(11)12)18(19)21/h4-8,15,22H,1,9H2,2-3H3. The Bertz CT molecular complexity index is 836. The number of rotatable bonds is 5. The van der Waals surface area contributed by atoms with E-state index in [1.807, 2.05) is 6.07 Å². The third kappa shape index (κ3) is 2.36. The number of hydrogen-bond acceptors (Lipinski definition) is 5. The Morgan fingerprint density at radius 3 is 2.46 bits per heavy atom. The zero-order chi connectivity index (χ0) is 17.4. The molecule has 2 aromatic rings. The molecule has 1 atom stereocenters. The Labute approximate surface area is 138 Å². The van der Waals surface area contributed by atoms with Gasteiger partial charge < -0.3 is 4.74 Å². The van der Waals surface area contributed by atoms with Crippen LogP contribution < -0.4 is 4.74 Å². The lowest BCUT2D eigenvalue weighted by atomic mass is 9.93. The molecule has 1 heterocycles. The minimum Gasteiger partial charge on any atom is -0.496 e. The lowest BCUT2D eigenvalue weighted by Crippen LogP contribution is -2.45. The minimum absolute atomic E-state index is 0.106. The predicted molar refractivity (Wildman–Crippen MR) is 88.2 cm³/mol. The van der Waals surface area contributed by atoms with Crippen molar-refractivity contribution < 1.29 is 24.5 Å². The number of nitrogens with zero attached hydrogens (tertiary/aromatic N) is 1. The third-order valence-corrected chi connectivity index (χ3v) is 4.20. The van der Waals surface area contributed by atoms with Gasteiger partial charge >= 0.3 is 0 Å². The van der Waals surface area contributed by atoms with Crippen LogP contribution in [0.4, 0.5) is 0 Å². The van der Waals surface area contributed by atoms with Crippen LogP contribution in [0.2, 0.25) is 0 Å². The lowest BCUT2D eigenvalue weighted by molar-refractivity contribution is -0.268. The molecule has 0 fully saturated rings. The maximum atomic E-state index is 12.8. The molecule has 1 N–H and O–H groups in total. The summed E-state index contributed by atoms with van der Waals surface area (Å²) < 4.78 is 5.32. The van der Waals surface area contributed by atoms with Gasteiger partial charge in [0, 0.05) is 21.9 Å². The number of methoxy groups -OCH3 is 1. The molecule has 0 saturated heterocycles. The first-order valence-electron chi connectivity index (χ1n) is 7.41. The minimum atomic E-state index is -0.836. The molecule has 0 aromatic heterocycles. The van der Waals surface area contributed by atoms with E-state index in [0.717, 1.165) is 4.90 Å². The molecule has 2 amide bonds. The van der Waals surface area contributed by atoms with Crippen LogP contribution in [0.1, 0.15) is 27.6 Å². The van der Waals surface area contributed by atoms with E-state index in [0.29, 0.717) is 33.2 Å². The van der Waals surface area contributed by atoms with Crippen LogP contribution in [0, 0.1) is 0 Å². The average Bonchev–Trinajstić information content (AvgIpc) is 2.59. The molecule has 6 heteroatoms. The van der Waals surface area contributed by atoms with Crippen molar-refractivity contribution in [2.24, 2.45) is 0 Å². The fourth-order valence-electron chi connectivity index (χ4n) is 2.91. The SMILES string of the molecule is C=C(C)C(CN1C(=O)c2cccc3c(OC)ccc(c23)C1=O)OO. The maximum Gasteiger partial charge on any atom is 0.261 e. The van der Waals surface area contributed by atoms with Crippen LogP contribution in [0.15, 0.2) is 42.5 Å². The Hall–Kier alpha value is -2.70. The van der Waals surface area contributed by atoms with E-state index in [1.54, 1.807) is 38.3 Å². The average molecular weight is 327 g/mol. The molecule has 0 radical (unpaired) electrons. The Morgan fingerprint density at radius 1 is 1.21 bits per heavy atom. The second kappa shape index (κ2) is 6.07. The molecule has 3 rings (SSSR count). The van der Waals surface area contributed by atoms with Crippen LogP contribution in [-0.4, -0.2) is 41.7 Å². The van der Waals surface area contributed by atoms with E-state index >= 15 is 0 Å². The summed E-state index contributed by atoms with van der Waals surface area (Å²) in [6, 6.07) is 8.57. The number of imide groups is 1. The quantitative estimate of drug-likeness (QED) is 0.395. The highest BCUT2D eigenvalue weighted by Gasteiger charge is 2.35. The maximum absolute atomic E-state index is 12.8. The molecule has 1 aliphatic heterocycles. The summed E-state index contributed by atoms with van der Waals surface area (Å²) in [6.45, 7) is 5.24. The fraction of sp³-hybridized carbons (Fsp3) is 0.222. The second-order valence-corrected chi connectivity index (χ2v) is 5.70. The van der Waals surface area contributed by atoms with Crippen molar-refractivity contribution in [3.63, 3.8) is 0 Å². The van der Waals surface area contributed by atoms with Gasteiger partial charge in [-0.05, 0) is 30.7 Å². The van der Waals surface area contributed by atoms with Crippen molar-refractivity contribution in [1.82, 2.24) is 4.90 Å². The molecule has 24 heavy (non-hydrogen) atoms. The van der Waals surface area contributed by atoms with Gasteiger partial charge in [0.05, 0.1) is 13.7 Å². The predicted octanol–water partition coefficient (Wildman–Crippen LogP) is 2.88. The number of carbonyl (C=O) groups excluding carboxylic acids is 2. The third-order valence-electron chi connectivity index (χ3n) is 4.20. The molecule has 0 spiro atoms. The van der Waals surface area contributed by atoms with Crippen molar-refractivity contribution in [3.05, 3.63) is 53.6 Å². The highest BCUT2D eigenvalue weighted by Crippen LogP contribution is 2.35. The number of amides is 2. The number of hydrogen-bond donors (Lipinski definition) is 1. The fourth-order valence-corrected chi connectivity index (χ4v) is 2.91. The van der Waals surface area contributed by atoms with Crippen molar-refractivity contribution in [3.8, 4) is 5.75 Å². The first-order chi connectivity index (χ1) is 11.5. The number of ether oxygens (including phenoxy) is 1. The smallest absolute Gasteiger partial charge is 0.261 e. The normalized spacial score (nSPS) is 14.9. The molecular formula is C18H17NO5. The van der Waals surface area contributed by atoms with Crippen molar-refractivity contribution in [2.45, 2.75) is 13.0 Å². The Kier molecular flexibility index (Phi) is 4.09. The molecule has 0 bridgehead atoms. The summed E-state index contributed by atoms with van der Waals surface area (Å²) in [5.74, 6) is -0.271. The molecule has 0 aliphatic carbocycles. The van der Waals surface area contributed by atoms with Crippen LogP contribution in [0.5, 0.6) is 5.75 Å². The van der Waals surface area contributed by atoms with Crippen LogP contribution in [0.25, 0.3) is 10.8 Å². The largest absolute Gasteiger partial charge is 0.496 e. The summed E-state index contributed by atoms with van der Waals surface area (Å²) in [4.78, 5) is 31.0. The zero-order valence-corrected chi connectivity index (χ0v) is 13.4. The van der Waals surface area contributed by atoms with E-state index in [9.17, 15) is 9.59 Å². The van der Waals surface area contributed by atoms with Crippen LogP contribution >= 0.6 is 0 Å². The summed E-state index contributed by atoms with van der Waals surface area (Å²) in [6.07, 6.45) is -0.836. The first kappa shape index (κ1) is 16.2. The van der Waals surface area contributed by atoms with Gasteiger partial charge in [0.1, 0.15) is 11.9 Å². The molecule has 6 nitrogen and oxygen atoms in total. The van der Waals surface area contributed by atoms with Gasteiger partial charge in [-0.15, -0.1) is 0 Å². The Morgan fingerprint density at radius 2 is 1.88 bits per heavy atom. The van der Waals surface area contributed by atoms with Crippen molar-refractivity contribution >= 4 is 22.6 Å². The summed E-state index contributed by atoms with van der Waals surface area (Å²) in [5.41, 5.74) is 1.34. The lowest BCUT2D eigenvalue weighted by Gasteiger charge is -2.29. The Balaban J connectivity index is 2.14. The molecule has 124 valence electrons. The molecular weight excluding hydrogens is 310 g/mol. The van der Waals surface area contributed by atoms with Gasteiger partial charge in [-0.1, -0.05) is 18.7 Å². The van der Waals surface area contributed by atoms with E-state index in [1.165, 1.54) is 0 Å². The van der Waals surface area contributed by atoms with Gasteiger partial charge in [-0.2, -0.15) is 0 Å². The van der Waals surface area contributed by atoms with Gasteiger partial charge in [-0.3, -0.25) is 19.7 Å².